The first-order chi connectivity index (χ1) is 9.20. The van der Waals surface area contributed by atoms with Crippen LogP contribution in [0.15, 0.2) is 29.8 Å². The van der Waals surface area contributed by atoms with Crippen molar-refractivity contribution in [1.82, 2.24) is 15.3 Å². The molecule has 0 aliphatic rings. The summed E-state index contributed by atoms with van der Waals surface area (Å²) in [6.07, 6.45) is 1.72. The minimum absolute atomic E-state index is 0. The molecule has 21 heavy (non-hydrogen) atoms. The minimum atomic E-state index is -0.0906. The second-order valence-corrected chi connectivity index (χ2v) is 5.06. The third-order valence-electron chi connectivity index (χ3n) is 2.62. The number of nitrogens with zero attached hydrogens (tertiary/aromatic N) is 2. The highest BCUT2D eigenvalue weighted by molar-refractivity contribution is 7.14. The SMILES string of the molecule is CNCC(C)C(=O)Nc1nc(-c2ccccn2)cs1.Cl.Cl. The van der Waals surface area contributed by atoms with Crippen molar-refractivity contribution in [2.45, 2.75) is 6.92 Å². The van der Waals surface area contributed by atoms with Crippen molar-refractivity contribution in [3.63, 3.8) is 0 Å². The number of nitrogens with one attached hydrogen (secondary N) is 2. The van der Waals surface area contributed by atoms with Crippen LogP contribution in [0, 0.1) is 5.92 Å². The summed E-state index contributed by atoms with van der Waals surface area (Å²) in [4.78, 5) is 20.4. The highest BCUT2D eigenvalue weighted by atomic mass is 35.5. The number of anilines is 1. The molecule has 2 heterocycles. The molecule has 0 aliphatic heterocycles. The molecule has 1 atom stereocenters. The van der Waals surface area contributed by atoms with Crippen LogP contribution in [0.3, 0.4) is 0 Å². The number of hydrogen-bond acceptors (Lipinski definition) is 5. The van der Waals surface area contributed by atoms with Gasteiger partial charge in [-0.3, -0.25) is 9.78 Å². The van der Waals surface area contributed by atoms with E-state index < -0.39 is 0 Å². The zero-order chi connectivity index (χ0) is 13.7. The summed E-state index contributed by atoms with van der Waals surface area (Å²) >= 11 is 1.40. The van der Waals surface area contributed by atoms with Crippen LogP contribution >= 0.6 is 36.2 Å². The average molecular weight is 349 g/mol. The molecule has 2 rings (SSSR count). The molecule has 0 spiro atoms. The van der Waals surface area contributed by atoms with Gasteiger partial charge in [0.1, 0.15) is 5.69 Å². The van der Waals surface area contributed by atoms with Gasteiger partial charge in [0.05, 0.1) is 5.69 Å². The maximum Gasteiger partial charge on any atom is 0.230 e. The van der Waals surface area contributed by atoms with Gasteiger partial charge in [-0.2, -0.15) is 0 Å². The molecule has 5 nitrogen and oxygen atoms in total. The van der Waals surface area contributed by atoms with Crippen LogP contribution in [0.4, 0.5) is 5.13 Å². The van der Waals surface area contributed by atoms with Gasteiger partial charge in [0, 0.05) is 24.0 Å². The van der Waals surface area contributed by atoms with E-state index in [1.54, 1.807) is 6.20 Å². The fraction of sp³-hybridized carbons (Fsp3) is 0.308. The Hall–Kier alpha value is -1.21. The third-order valence-corrected chi connectivity index (χ3v) is 3.38. The maximum absolute atomic E-state index is 11.8. The summed E-state index contributed by atoms with van der Waals surface area (Å²) in [5.74, 6) is -0.122. The number of aromatic nitrogens is 2. The highest BCUT2D eigenvalue weighted by Gasteiger charge is 2.14. The Morgan fingerprint density at radius 3 is 2.71 bits per heavy atom. The average Bonchev–Trinajstić information content (AvgIpc) is 2.88. The van der Waals surface area contributed by atoms with Gasteiger partial charge in [-0.1, -0.05) is 13.0 Å². The van der Waals surface area contributed by atoms with Crippen LogP contribution < -0.4 is 10.6 Å². The molecule has 0 saturated heterocycles. The van der Waals surface area contributed by atoms with Crippen molar-refractivity contribution >= 4 is 47.2 Å². The maximum atomic E-state index is 11.8. The van der Waals surface area contributed by atoms with Crippen molar-refractivity contribution in [3.8, 4) is 11.4 Å². The molecule has 2 aromatic heterocycles. The standard InChI is InChI=1S/C13H16N4OS.2ClH/c1-9(7-14-2)12(18)17-13-16-11(8-19-13)10-5-3-4-6-15-10;;/h3-6,8-9,14H,7H2,1-2H3,(H,16,17,18);2*1H. The van der Waals surface area contributed by atoms with E-state index in [0.29, 0.717) is 11.7 Å². The highest BCUT2D eigenvalue weighted by Crippen LogP contribution is 2.23. The quantitative estimate of drug-likeness (QED) is 0.871. The molecule has 0 saturated carbocycles. The summed E-state index contributed by atoms with van der Waals surface area (Å²) in [5, 5.41) is 8.29. The second-order valence-electron chi connectivity index (χ2n) is 4.20. The Morgan fingerprint density at radius 2 is 2.10 bits per heavy atom. The molecule has 116 valence electrons. The van der Waals surface area contributed by atoms with Gasteiger partial charge in [-0.15, -0.1) is 36.2 Å². The van der Waals surface area contributed by atoms with Gasteiger partial charge in [-0.05, 0) is 19.2 Å². The lowest BCUT2D eigenvalue weighted by Gasteiger charge is -2.09. The normalized spacial score (nSPS) is 11.0. The Morgan fingerprint density at radius 1 is 1.33 bits per heavy atom. The van der Waals surface area contributed by atoms with E-state index in [-0.39, 0.29) is 36.6 Å². The summed E-state index contributed by atoms with van der Waals surface area (Å²) < 4.78 is 0. The first-order valence-electron chi connectivity index (χ1n) is 6.03. The van der Waals surface area contributed by atoms with Gasteiger partial charge in [-0.25, -0.2) is 4.98 Å². The lowest BCUT2D eigenvalue weighted by molar-refractivity contribution is -0.119. The van der Waals surface area contributed by atoms with E-state index >= 15 is 0 Å². The van der Waals surface area contributed by atoms with E-state index in [1.807, 2.05) is 37.6 Å². The van der Waals surface area contributed by atoms with Gasteiger partial charge in [0.25, 0.3) is 0 Å². The van der Waals surface area contributed by atoms with Crippen LogP contribution in [-0.4, -0.2) is 29.5 Å². The zero-order valence-electron chi connectivity index (χ0n) is 11.7. The number of halogens is 2. The first-order valence-corrected chi connectivity index (χ1v) is 6.91. The van der Waals surface area contributed by atoms with E-state index in [4.69, 9.17) is 0 Å². The van der Waals surface area contributed by atoms with Crippen LogP contribution in [0.2, 0.25) is 0 Å². The fourth-order valence-electron chi connectivity index (χ4n) is 1.59. The van der Waals surface area contributed by atoms with E-state index in [0.717, 1.165) is 11.4 Å². The topological polar surface area (TPSA) is 66.9 Å². The molecule has 0 fully saturated rings. The number of carbonyl (C=O) groups excluding carboxylic acids is 1. The number of thiazole rings is 1. The number of carbonyl (C=O) groups is 1. The predicted molar refractivity (Wildman–Crippen MR) is 91.6 cm³/mol. The lowest BCUT2D eigenvalue weighted by Crippen LogP contribution is -2.28. The molecule has 2 aromatic rings. The molecular formula is C13H18Cl2N4OS. The van der Waals surface area contributed by atoms with E-state index in [1.165, 1.54) is 11.3 Å². The van der Waals surface area contributed by atoms with Crippen molar-refractivity contribution in [2.75, 3.05) is 18.9 Å². The minimum Gasteiger partial charge on any atom is -0.319 e. The smallest absolute Gasteiger partial charge is 0.230 e. The van der Waals surface area contributed by atoms with Crippen LogP contribution in [0.25, 0.3) is 11.4 Å². The molecule has 0 radical (unpaired) electrons. The fourth-order valence-corrected chi connectivity index (χ4v) is 2.30. The van der Waals surface area contributed by atoms with Gasteiger partial charge in [0.2, 0.25) is 5.91 Å². The molecule has 8 heteroatoms. The molecule has 1 amide bonds. The van der Waals surface area contributed by atoms with Crippen LogP contribution in [-0.2, 0) is 4.79 Å². The Labute approximate surface area is 140 Å². The molecule has 1 unspecified atom stereocenters. The summed E-state index contributed by atoms with van der Waals surface area (Å²) in [6.45, 7) is 2.52. The summed E-state index contributed by atoms with van der Waals surface area (Å²) in [5.41, 5.74) is 1.59. The van der Waals surface area contributed by atoms with Crippen molar-refractivity contribution < 1.29 is 4.79 Å². The molecule has 2 N–H and O–H groups in total. The number of rotatable bonds is 5. The van der Waals surface area contributed by atoms with Crippen LogP contribution in [0.1, 0.15) is 6.92 Å². The van der Waals surface area contributed by atoms with Crippen LogP contribution in [0.5, 0.6) is 0 Å². The van der Waals surface area contributed by atoms with Crippen molar-refractivity contribution in [2.24, 2.45) is 5.92 Å². The van der Waals surface area contributed by atoms with E-state index in [9.17, 15) is 4.79 Å². The zero-order valence-corrected chi connectivity index (χ0v) is 14.1. The predicted octanol–water partition coefficient (Wildman–Crippen LogP) is 2.84. The molecule has 0 bridgehead atoms. The summed E-state index contributed by atoms with van der Waals surface area (Å²) in [7, 11) is 1.83. The van der Waals surface area contributed by atoms with Crippen molar-refractivity contribution in [1.29, 1.82) is 0 Å². The monoisotopic (exact) mass is 348 g/mol. The largest absolute Gasteiger partial charge is 0.319 e. The number of hydrogen-bond donors (Lipinski definition) is 2. The molecule has 0 aromatic carbocycles. The van der Waals surface area contributed by atoms with Gasteiger partial charge < -0.3 is 10.6 Å². The lowest BCUT2D eigenvalue weighted by atomic mass is 10.2. The Balaban J connectivity index is 0.00000200. The number of amides is 1. The molecular weight excluding hydrogens is 331 g/mol. The van der Waals surface area contributed by atoms with E-state index in [2.05, 4.69) is 20.6 Å². The Bertz CT molecular complexity index is 550. The molecule has 0 aliphatic carbocycles. The second kappa shape index (κ2) is 9.68. The third kappa shape index (κ3) is 5.59. The summed E-state index contributed by atoms with van der Waals surface area (Å²) in [6, 6.07) is 5.66. The van der Waals surface area contributed by atoms with Gasteiger partial charge in [0.15, 0.2) is 5.13 Å². The van der Waals surface area contributed by atoms with Crippen molar-refractivity contribution in [3.05, 3.63) is 29.8 Å². The first kappa shape index (κ1) is 19.8. The number of pyridine rings is 1. The Kier molecular flexibility index (Phi) is 9.12. The van der Waals surface area contributed by atoms with Gasteiger partial charge >= 0.3 is 0 Å².